The number of amides is 2. The number of hydrogen-bond donors (Lipinski definition) is 2. The van der Waals surface area contributed by atoms with E-state index >= 15 is 4.39 Å². The SMILES string of the molecule is C/C(=C(/F)c1cc(C(=O)Nc2cc(NC(=O)CN3CCCC3)cnc2C)cnc1C)c1cnn(C)c1. The lowest BCUT2D eigenvalue weighted by atomic mass is 10.0. The molecule has 2 N–H and O–H groups in total. The Morgan fingerprint density at radius 2 is 1.72 bits per heavy atom. The number of nitrogens with one attached hydrogen (secondary N) is 2. The molecule has 0 aromatic carbocycles. The van der Waals surface area contributed by atoms with Crippen LogP contribution in [0, 0.1) is 13.8 Å². The molecular weight excluding hydrogens is 461 g/mol. The summed E-state index contributed by atoms with van der Waals surface area (Å²) in [7, 11) is 1.76. The van der Waals surface area contributed by atoms with Gasteiger partial charge in [0.15, 0.2) is 0 Å². The van der Waals surface area contributed by atoms with Crippen LogP contribution in [-0.2, 0) is 11.8 Å². The summed E-state index contributed by atoms with van der Waals surface area (Å²) in [4.78, 5) is 36.1. The zero-order chi connectivity index (χ0) is 25.8. The van der Waals surface area contributed by atoms with Crippen LogP contribution >= 0.6 is 0 Å². The van der Waals surface area contributed by atoms with E-state index in [4.69, 9.17) is 0 Å². The third-order valence-electron chi connectivity index (χ3n) is 6.24. The molecule has 0 unspecified atom stereocenters. The molecule has 9 nitrogen and oxygen atoms in total. The molecule has 0 saturated carbocycles. The van der Waals surface area contributed by atoms with E-state index < -0.39 is 11.7 Å². The second kappa shape index (κ2) is 10.8. The quantitative estimate of drug-likeness (QED) is 0.518. The molecule has 1 saturated heterocycles. The lowest BCUT2D eigenvalue weighted by Gasteiger charge is -2.15. The Balaban J connectivity index is 1.51. The first-order chi connectivity index (χ1) is 17.2. The number of nitrogens with zero attached hydrogens (tertiary/aromatic N) is 5. The van der Waals surface area contributed by atoms with Crippen molar-refractivity contribution in [3.63, 3.8) is 0 Å². The summed E-state index contributed by atoms with van der Waals surface area (Å²) in [5.41, 5.74) is 3.48. The summed E-state index contributed by atoms with van der Waals surface area (Å²) in [6, 6.07) is 3.15. The molecule has 0 spiro atoms. The van der Waals surface area contributed by atoms with Gasteiger partial charge in [-0.25, -0.2) is 4.39 Å². The number of likely N-dealkylation sites (tertiary alicyclic amines) is 1. The van der Waals surface area contributed by atoms with Crippen LogP contribution in [0.15, 0.2) is 36.9 Å². The van der Waals surface area contributed by atoms with Gasteiger partial charge in [-0.05, 0) is 64.4 Å². The minimum atomic E-state index is -0.469. The smallest absolute Gasteiger partial charge is 0.257 e. The second-order valence-electron chi connectivity index (χ2n) is 9.04. The van der Waals surface area contributed by atoms with Crippen LogP contribution in [0.5, 0.6) is 0 Å². The maximum atomic E-state index is 15.4. The Kier molecular flexibility index (Phi) is 7.54. The van der Waals surface area contributed by atoms with Crippen LogP contribution in [0.1, 0.15) is 52.6 Å². The monoisotopic (exact) mass is 491 g/mol. The van der Waals surface area contributed by atoms with Gasteiger partial charge in [0.05, 0.1) is 41.6 Å². The fraction of sp³-hybridized carbons (Fsp3) is 0.346. The average molecular weight is 492 g/mol. The molecule has 4 heterocycles. The Hall–Kier alpha value is -3.92. The van der Waals surface area contributed by atoms with Crippen molar-refractivity contribution >= 4 is 34.6 Å². The average Bonchev–Trinajstić information content (AvgIpc) is 3.52. The largest absolute Gasteiger partial charge is 0.324 e. The van der Waals surface area contributed by atoms with Gasteiger partial charge in [0.1, 0.15) is 5.83 Å². The number of carbonyl (C=O) groups is 2. The summed E-state index contributed by atoms with van der Waals surface area (Å²) in [5.74, 6) is -1.05. The Bertz CT molecular complexity index is 1330. The number of pyridine rings is 2. The molecule has 10 heteroatoms. The first-order valence-corrected chi connectivity index (χ1v) is 11.8. The van der Waals surface area contributed by atoms with Crippen molar-refractivity contribution in [3.05, 3.63) is 65.0 Å². The molecule has 2 amide bonds. The van der Waals surface area contributed by atoms with Crippen molar-refractivity contribution in [2.24, 2.45) is 7.05 Å². The molecule has 36 heavy (non-hydrogen) atoms. The van der Waals surface area contributed by atoms with Crippen molar-refractivity contribution < 1.29 is 14.0 Å². The number of aromatic nitrogens is 4. The van der Waals surface area contributed by atoms with Crippen molar-refractivity contribution in [1.29, 1.82) is 0 Å². The standard InChI is InChI=1S/C26H30FN7O2/c1-16(20-12-30-33(4)14-20)25(27)22-9-19(11-28-17(22)2)26(36)32-23-10-21(13-29-18(23)3)31-24(35)15-34-7-5-6-8-34/h9-14H,5-8,15H2,1-4H3,(H,31,35)(H,32,36)/b25-16-. The minimum Gasteiger partial charge on any atom is -0.324 e. The summed E-state index contributed by atoms with van der Waals surface area (Å²) >= 11 is 0. The van der Waals surface area contributed by atoms with Gasteiger partial charge in [-0.1, -0.05) is 0 Å². The fourth-order valence-corrected chi connectivity index (χ4v) is 4.09. The molecule has 188 valence electrons. The third kappa shape index (κ3) is 5.83. The highest BCUT2D eigenvalue weighted by molar-refractivity contribution is 6.05. The van der Waals surface area contributed by atoms with E-state index in [1.54, 1.807) is 57.2 Å². The number of carbonyl (C=O) groups excluding carboxylic acids is 2. The van der Waals surface area contributed by atoms with Crippen molar-refractivity contribution in [2.75, 3.05) is 30.3 Å². The Morgan fingerprint density at radius 1 is 1.00 bits per heavy atom. The van der Waals surface area contributed by atoms with Crippen molar-refractivity contribution in [1.82, 2.24) is 24.6 Å². The van der Waals surface area contributed by atoms with Gasteiger partial charge < -0.3 is 10.6 Å². The zero-order valence-electron chi connectivity index (χ0n) is 20.9. The third-order valence-corrected chi connectivity index (χ3v) is 6.24. The van der Waals surface area contributed by atoms with Crippen LogP contribution < -0.4 is 10.6 Å². The van der Waals surface area contributed by atoms with Gasteiger partial charge >= 0.3 is 0 Å². The van der Waals surface area contributed by atoms with E-state index in [0.29, 0.717) is 40.4 Å². The van der Waals surface area contributed by atoms with E-state index in [9.17, 15) is 9.59 Å². The number of rotatable bonds is 7. The maximum absolute atomic E-state index is 15.4. The molecular formula is C26H30FN7O2. The lowest BCUT2D eigenvalue weighted by molar-refractivity contribution is -0.117. The van der Waals surface area contributed by atoms with Crippen LogP contribution in [0.3, 0.4) is 0 Å². The van der Waals surface area contributed by atoms with Gasteiger partial charge in [0, 0.05) is 36.3 Å². The summed E-state index contributed by atoms with van der Waals surface area (Å²) in [5, 5.41) is 9.74. The first-order valence-electron chi connectivity index (χ1n) is 11.8. The summed E-state index contributed by atoms with van der Waals surface area (Å²) in [6.07, 6.45) is 8.48. The molecule has 1 fully saturated rings. The number of halogens is 1. The van der Waals surface area contributed by atoms with Gasteiger partial charge in [0.25, 0.3) is 5.91 Å². The lowest BCUT2D eigenvalue weighted by Crippen LogP contribution is -2.30. The highest BCUT2D eigenvalue weighted by Gasteiger charge is 2.18. The first kappa shape index (κ1) is 25.2. The predicted molar refractivity (Wildman–Crippen MR) is 137 cm³/mol. The van der Waals surface area contributed by atoms with Gasteiger partial charge in [-0.2, -0.15) is 5.10 Å². The highest BCUT2D eigenvalue weighted by atomic mass is 19.1. The maximum Gasteiger partial charge on any atom is 0.257 e. The van der Waals surface area contributed by atoms with Crippen LogP contribution in [0.25, 0.3) is 11.4 Å². The molecule has 0 aliphatic carbocycles. The van der Waals surface area contributed by atoms with Gasteiger partial charge in [-0.3, -0.25) is 29.1 Å². The molecule has 3 aromatic heterocycles. The van der Waals surface area contributed by atoms with E-state index in [2.05, 4.69) is 30.6 Å². The number of aryl methyl sites for hydroxylation is 3. The minimum absolute atomic E-state index is 0.126. The Labute approximate surface area is 209 Å². The molecule has 3 aromatic rings. The predicted octanol–water partition coefficient (Wildman–Crippen LogP) is 3.97. The summed E-state index contributed by atoms with van der Waals surface area (Å²) in [6.45, 7) is 7.28. The molecule has 1 aliphatic heterocycles. The normalized spacial score (nSPS) is 14.5. The number of allylic oxidation sites excluding steroid dienone is 1. The molecule has 0 bridgehead atoms. The number of anilines is 2. The second-order valence-corrected chi connectivity index (χ2v) is 9.04. The van der Waals surface area contributed by atoms with E-state index in [-0.39, 0.29) is 17.0 Å². The zero-order valence-corrected chi connectivity index (χ0v) is 20.9. The van der Waals surface area contributed by atoms with Gasteiger partial charge in [0.2, 0.25) is 5.91 Å². The summed E-state index contributed by atoms with van der Waals surface area (Å²) < 4.78 is 17.0. The topological polar surface area (TPSA) is 105 Å². The van der Waals surface area contributed by atoms with Gasteiger partial charge in [-0.15, -0.1) is 0 Å². The van der Waals surface area contributed by atoms with E-state index in [1.807, 2.05) is 0 Å². The van der Waals surface area contributed by atoms with Crippen LogP contribution in [-0.4, -0.2) is 56.1 Å². The van der Waals surface area contributed by atoms with Crippen LogP contribution in [0.2, 0.25) is 0 Å². The fourth-order valence-electron chi connectivity index (χ4n) is 4.09. The van der Waals surface area contributed by atoms with E-state index in [1.165, 1.54) is 12.3 Å². The highest BCUT2D eigenvalue weighted by Crippen LogP contribution is 2.29. The number of hydrogen-bond acceptors (Lipinski definition) is 6. The molecule has 0 atom stereocenters. The molecule has 4 rings (SSSR count). The Morgan fingerprint density at radius 3 is 2.42 bits per heavy atom. The van der Waals surface area contributed by atoms with E-state index in [0.717, 1.165) is 25.9 Å². The van der Waals surface area contributed by atoms with Crippen molar-refractivity contribution in [3.8, 4) is 0 Å². The van der Waals surface area contributed by atoms with Crippen molar-refractivity contribution in [2.45, 2.75) is 33.6 Å². The molecule has 1 aliphatic rings. The molecule has 0 radical (unpaired) electrons. The van der Waals surface area contributed by atoms with Crippen LogP contribution in [0.4, 0.5) is 15.8 Å².